The Labute approximate surface area is 261 Å². The van der Waals surface area contributed by atoms with E-state index in [0.29, 0.717) is 39.6 Å². The topological polar surface area (TPSA) is 117 Å². The van der Waals surface area contributed by atoms with Crippen LogP contribution in [0.2, 0.25) is 5.02 Å². The quantitative estimate of drug-likeness (QED) is 0.235. The van der Waals surface area contributed by atoms with Gasteiger partial charge in [-0.1, -0.05) is 51.4 Å². The van der Waals surface area contributed by atoms with Crippen LogP contribution in [0.1, 0.15) is 64.8 Å². The van der Waals surface area contributed by atoms with Crippen molar-refractivity contribution in [3.8, 4) is 16.9 Å². The minimum Gasteiger partial charge on any atom is -0.465 e. The number of rotatable bonds is 5. The van der Waals surface area contributed by atoms with E-state index in [1.807, 2.05) is 39.5 Å². The minimum atomic E-state index is -1.01. The average molecular weight is 673 g/mol. The van der Waals surface area contributed by atoms with Gasteiger partial charge in [-0.25, -0.2) is 33.5 Å². The van der Waals surface area contributed by atoms with E-state index < -0.39 is 17.6 Å². The summed E-state index contributed by atoms with van der Waals surface area (Å²) in [6, 6.07) is 7.14. The molecule has 1 aliphatic heterocycles. The van der Waals surface area contributed by atoms with E-state index in [4.69, 9.17) is 16.6 Å². The zero-order valence-corrected chi connectivity index (χ0v) is 27.0. The number of hydrogen-bond acceptors (Lipinski definition) is 7. The van der Waals surface area contributed by atoms with E-state index in [1.54, 1.807) is 31.2 Å². The molecule has 1 aliphatic rings. The van der Waals surface area contributed by atoms with Crippen molar-refractivity contribution in [1.29, 1.82) is 0 Å². The number of amides is 1. The smallest absolute Gasteiger partial charge is 0.407 e. The van der Waals surface area contributed by atoms with Crippen molar-refractivity contribution < 1.29 is 14.3 Å². The molecule has 3 aromatic heterocycles. The van der Waals surface area contributed by atoms with Gasteiger partial charge in [-0.3, -0.25) is 0 Å². The van der Waals surface area contributed by atoms with Gasteiger partial charge in [-0.15, -0.1) is 0 Å². The first-order chi connectivity index (χ1) is 20.3. The van der Waals surface area contributed by atoms with Crippen LogP contribution >= 0.6 is 27.5 Å². The maximum absolute atomic E-state index is 15.0. The molecule has 1 N–H and O–H groups in total. The predicted octanol–water partition coefficient (Wildman–Crippen LogP) is 6.62. The average Bonchev–Trinajstić information content (AvgIpc) is 2.93. The lowest BCUT2D eigenvalue weighted by Crippen LogP contribution is -2.58. The summed E-state index contributed by atoms with van der Waals surface area (Å²) in [6.07, 6.45) is -1.01. The molecule has 0 aliphatic carbocycles. The molecule has 0 saturated carbocycles. The molecule has 0 spiro atoms. The highest BCUT2D eigenvalue weighted by Crippen LogP contribution is 2.37. The van der Waals surface area contributed by atoms with E-state index in [0.717, 1.165) is 0 Å². The fourth-order valence-electron chi connectivity index (χ4n) is 5.55. The van der Waals surface area contributed by atoms with Crippen LogP contribution in [-0.2, 0) is 0 Å². The Morgan fingerprint density at radius 2 is 1.65 bits per heavy atom. The van der Waals surface area contributed by atoms with Gasteiger partial charge in [0.2, 0.25) is 0 Å². The molecule has 13 heteroatoms. The summed E-state index contributed by atoms with van der Waals surface area (Å²) in [5.74, 6) is -0.386. The fraction of sp³-hybridized carbons (Fsp3) is 0.400. The molecule has 0 radical (unpaired) electrons. The molecule has 2 atom stereocenters. The largest absolute Gasteiger partial charge is 0.465 e. The molecule has 1 amide bonds. The van der Waals surface area contributed by atoms with Crippen molar-refractivity contribution in [2.24, 2.45) is 0 Å². The standard InChI is InChI=1S/C30H32BrClFN7O3/c1-14(2)22-25(23(15(3)4)36-28(31)35-22)40-27-19(11-20(32)24(34-27)18-9-7-8-10-21(18)33)26(37-29(40)41)38-12-17(6)39(30(42)43)13-16(38)5/h7-11,14-17H,12-13H2,1-6H3,(H,42,43)/t16-,17+/m0/s1. The third-order valence-electron chi connectivity index (χ3n) is 7.66. The minimum absolute atomic E-state index is 0.100. The van der Waals surface area contributed by atoms with Crippen LogP contribution in [0.5, 0.6) is 0 Å². The lowest BCUT2D eigenvalue weighted by Gasteiger charge is -2.43. The number of piperazine rings is 1. The third-order valence-corrected chi connectivity index (χ3v) is 8.30. The molecule has 4 heterocycles. The van der Waals surface area contributed by atoms with E-state index in [1.165, 1.54) is 15.5 Å². The Balaban J connectivity index is 1.89. The summed E-state index contributed by atoms with van der Waals surface area (Å²) in [7, 11) is 0. The molecule has 1 saturated heterocycles. The first-order valence-electron chi connectivity index (χ1n) is 14.0. The second-order valence-electron chi connectivity index (χ2n) is 11.4. The van der Waals surface area contributed by atoms with Gasteiger partial charge >= 0.3 is 11.8 Å². The first kappa shape index (κ1) is 30.8. The normalized spacial score (nSPS) is 17.4. The van der Waals surface area contributed by atoms with Gasteiger partial charge in [0.15, 0.2) is 10.4 Å². The molecule has 4 aromatic rings. The van der Waals surface area contributed by atoms with Crippen molar-refractivity contribution in [2.45, 2.75) is 65.5 Å². The lowest BCUT2D eigenvalue weighted by atomic mass is 10.0. The highest BCUT2D eigenvalue weighted by atomic mass is 79.9. The molecule has 1 aromatic carbocycles. The molecular formula is C30H32BrClFN7O3. The number of aromatic nitrogens is 5. The molecule has 10 nitrogen and oxygen atoms in total. The maximum Gasteiger partial charge on any atom is 0.407 e. The van der Waals surface area contributed by atoms with E-state index in [9.17, 15) is 14.7 Å². The van der Waals surface area contributed by atoms with Crippen LogP contribution < -0.4 is 10.6 Å². The van der Waals surface area contributed by atoms with E-state index >= 15 is 4.39 Å². The number of anilines is 1. The van der Waals surface area contributed by atoms with Crippen LogP contribution in [0.3, 0.4) is 0 Å². The Bertz CT molecular complexity index is 1770. The maximum atomic E-state index is 15.0. The van der Waals surface area contributed by atoms with Crippen LogP contribution in [0, 0.1) is 5.82 Å². The number of hydrogen-bond donors (Lipinski definition) is 1. The molecule has 226 valence electrons. The van der Waals surface area contributed by atoms with Crippen LogP contribution in [0.4, 0.5) is 15.0 Å². The van der Waals surface area contributed by atoms with Gasteiger partial charge in [0.05, 0.1) is 33.2 Å². The van der Waals surface area contributed by atoms with Crippen LogP contribution in [0.15, 0.2) is 39.9 Å². The number of fused-ring (bicyclic) bond motifs is 1. The van der Waals surface area contributed by atoms with Crippen molar-refractivity contribution >= 4 is 50.5 Å². The zero-order chi connectivity index (χ0) is 31.3. The Morgan fingerprint density at radius 3 is 2.23 bits per heavy atom. The summed E-state index contributed by atoms with van der Waals surface area (Å²) in [4.78, 5) is 48.0. The fourth-order valence-corrected chi connectivity index (χ4v) is 6.19. The Kier molecular flexibility index (Phi) is 8.45. The Morgan fingerprint density at radius 1 is 1.02 bits per heavy atom. The van der Waals surface area contributed by atoms with Gasteiger partial charge < -0.3 is 14.9 Å². The summed E-state index contributed by atoms with van der Waals surface area (Å²) in [6.45, 7) is 12.1. The second-order valence-corrected chi connectivity index (χ2v) is 12.5. The highest BCUT2D eigenvalue weighted by Gasteiger charge is 2.35. The molecule has 1 fully saturated rings. The van der Waals surface area contributed by atoms with Crippen molar-refractivity contribution in [2.75, 3.05) is 18.0 Å². The van der Waals surface area contributed by atoms with Crippen LogP contribution in [-0.4, -0.2) is 65.8 Å². The van der Waals surface area contributed by atoms with Crippen molar-refractivity contribution in [3.63, 3.8) is 0 Å². The van der Waals surface area contributed by atoms with Gasteiger partial charge in [0.1, 0.15) is 11.6 Å². The molecule has 0 unspecified atom stereocenters. The number of carbonyl (C=O) groups is 1. The summed E-state index contributed by atoms with van der Waals surface area (Å²) >= 11 is 10.2. The van der Waals surface area contributed by atoms with Gasteiger partial charge in [-0.2, -0.15) is 4.98 Å². The van der Waals surface area contributed by atoms with Gasteiger partial charge in [0, 0.05) is 30.7 Å². The lowest BCUT2D eigenvalue weighted by molar-refractivity contribution is 0.114. The molecule has 43 heavy (non-hydrogen) atoms. The van der Waals surface area contributed by atoms with E-state index in [2.05, 4.69) is 30.9 Å². The van der Waals surface area contributed by atoms with Gasteiger partial charge in [-0.05, 0) is 59.8 Å². The van der Waals surface area contributed by atoms with Gasteiger partial charge in [0.25, 0.3) is 0 Å². The molecule has 0 bridgehead atoms. The number of pyridine rings is 1. The number of carboxylic acid groups (broad SMARTS) is 1. The second kappa shape index (κ2) is 11.8. The summed E-state index contributed by atoms with van der Waals surface area (Å²) in [5.41, 5.74) is 1.65. The molecular weight excluding hydrogens is 641 g/mol. The van der Waals surface area contributed by atoms with E-state index in [-0.39, 0.29) is 52.4 Å². The number of halogens is 3. The monoisotopic (exact) mass is 671 g/mol. The van der Waals surface area contributed by atoms with Crippen molar-refractivity contribution in [3.05, 3.63) is 67.8 Å². The highest BCUT2D eigenvalue weighted by molar-refractivity contribution is 9.10. The van der Waals surface area contributed by atoms with Crippen LogP contribution in [0.25, 0.3) is 28.0 Å². The predicted molar refractivity (Wildman–Crippen MR) is 168 cm³/mol. The van der Waals surface area contributed by atoms with Crippen molar-refractivity contribution in [1.82, 2.24) is 29.4 Å². The SMILES string of the molecule is CC(C)c1nc(Br)nc(C(C)C)c1-n1c(=O)nc(N2C[C@@H](C)N(C(=O)O)C[C@@H]2C)c2cc(Cl)c(-c3ccccc3F)nc21. The summed E-state index contributed by atoms with van der Waals surface area (Å²) < 4.78 is 16.8. The zero-order valence-electron chi connectivity index (χ0n) is 24.6. The number of benzene rings is 1. The third kappa shape index (κ3) is 5.58. The molecule has 5 rings (SSSR count). The Hall–Kier alpha value is -3.64. The summed E-state index contributed by atoms with van der Waals surface area (Å²) in [5, 5.41) is 10.3. The number of nitrogens with zero attached hydrogens (tertiary/aromatic N) is 7. The first-order valence-corrected chi connectivity index (χ1v) is 15.2.